The van der Waals surface area contributed by atoms with Crippen LogP contribution in [0.2, 0.25) is 0 Å². The number of hydrogen-bond acceptors (Lipinski definition) is 5. The fraction of sp³-hybridized carbons (Fsp3) is 0. The molecular weight excluding hydrogens is 320 g/mol. The molecule has 9 heteroatoms. The first-order valence-corrected chi connectivity index (χ1v) is 6.45. The monoisotopic (exact) mass is 330 g/mol. The van der Waals surface area contributed by atoms with Crippen molar-refractivity contribution in [3.8, 4) is 0 Å². The standard InChI is InChI=1S/C15H10N2O7/c18-13(16-11-2-1-3-12(7-11)17(23)24)8-4-9(14(19)20)6-10(5-8)15(21)22/h1-7H,(H,16,18)(H,19,20)(H,21,22). The second-order valence-electron chi connectivity index (χ2n) is 4.67. The van der Waals surface area contributed by atoms with Gasteiger partial charge in [0.05, 0.1) is 16.1 Å². The van der Waals surface area contributed by atoms with E-state index >= 15 is 0 Å². The van der Waals surface area contributed by atoms with Crippen molar-refractivity contribution in [3.05, 3.63) is 69.3 Å². The molecule has 3 N–H and O–H groups in total. The number of anilines is 1. The third-order valence-electron chi connectivity index (χ3n) is 3.00. The normalized spacial score (nSPS) is 10.0. The summed E-state index contributed by atoms with van der Waals surface area (Å²) in [6, 6.07) is 8.09. The number of nitrogens with one attached hydrogen (secondary N) is 1. The summed E-state index contributed by atoms with van der Waals surface area (Å²) in [5, 5.41) is 31.0. The predicted octanol–water partition coefficient (Wildman–Crippen LogP) is 2.24. The molecule has 0 saturated carbocycles. The van der Waals surface area contributed by atoms with Crippen LogP contribution in [-0.2, 0) is 0 Å². The number of carbonyl (C=O) groups excluding carboxylic acids is 1. The van der Waals surface area contributed by atoms with Crippen LogP contribution in [0.25, 0.3) is 0 Å². The number of nitro groups is 1. The minimum Gasteiger partial charge on any atom is -0.478 e. The molecule has 0 saturated heterocycles. The van der Waals surface area contributed by atoms with Gasteiger partial charge in [0.25, 0.3) is 11.6 Å². The van der Waals surface area contributed by atoms with Crippen LogP contribution in [-0.4, -0.2) is 33.0 Å². The van der Waals surface area contributed by atoms with E-state index in [9.17, 15) is 24.5 Å². The molecule has 2 aromatic rings. The van der Waals surface area contributed by atoms with Crippen LogP contribution in [0.5, 0.6) is 0 Å². The summed E-state index contributed by atoms with van der Waals surface area (Å²) < 4.78 is 0. The van der Waals surface area contributed by atoms with E-state index in [1.54, 1.807) is 0 Å². The number of rotatable bonds is 5. The van der Waals surface area contributed by atoms with Gasteiger partial charge in [-0.15, -0.1) is 0 Å². The van der Waals surface area contributed by atoms with Gasteiger partial charge in [-0.3, -0.25) is 14.9 Å². The van der Waals surface area contributed by atoms with Gasteiger partial charge in [-0.05, 0) is 24.3 Å². The zero-order chi connectivity index (χ0) is 17.9. The molecule has 0 radical (unpaired) electrons. The van der Waals surface area contributed by atoms with Gasteiger partial charge in [-0.1, -0.05) is 6.07 Å². The number of carbonyl (C=O) groups is 3. The first-order chi connectivity index (χ1) is 11.3. The van der Waals surface area contributed by atoms with Crippen molar-refractivity contribution in [2.24, 2.45) is 0 Å². The van der Waals surface area contributed by atoms with Crippen LogP contribution in [0.4, 0.5) is 11.4 Å². The molecule has 24 heavy (non-hydrogen) atoms. The molecule has 0 atom stereocenters. The maximum atomic E-state index is 12.2. The van der Waals surface area contributed by atoms with Crippen molar-refractivity contribution in [2.45, 2.75) is 0 Å². The van der Waals surface area contributed by atoms with Crippen molar-refractivity contribution < 1.29 is 29.5 Å². The average Bonchev–Trinajstić information content (AvgIpc) is 2.54. The Labute approximate surface area is 134 Å². The molecule has 0 aliphatic carbocycles. The first-order valence-electron chi connectivity index (χ1n) is 6.45. The largest absolute Gasteiger partial charge is 0.478 e. The summed E-state index contributed by atoms with van der Waals surface area (Å²) in [6.07, 6.45) is 0. The molecule has 0 spiro atoms. The SMILES string of the molecule is O=C(O)c1cc(C(=O)O)cc(C(=O)Nc2cccc([N+](=O)[O-])c2)c1. The fourth-order valence-electron chi connectivity index (χ4n) is 1.91. The Morgan fingerprint density at radius 3 is 1.96 bits per heavy atom. The Hall–Kier alpha value is -3.75. The van der Waals surface area contributed by atoms with Crippen LogP contribution in [0, 0.1) is 10.1 Å². The van der Waals surface area contributed by atoms with Crippen LogP contribution in [0.15, 0.2) is 42.5 Å². The Kier molecular flexibility index (Phi) is 4.55. The summed E-state index contributed by atoms with van der Waals surface area (Å²) in [6.45, 7) is 0. The van der Waals surface area contributed by atoms with Gasteiger partial charge in [0.1, 0.15) is 0 Å². The lowest BCUT2D eigenvalue weighted by Crippen LogP contribution is -2.14. The van der Waals surface area contributed by atoms with E-state index in [0.717, 1.165) is 24.3 Å². The minimum atomic E-state index is -1.39. The molecule has 1 amide bonds. The molecule has 0 aliphatic heterocycles. The Bertz CT molecular complexity index is 828. The molecule has 9 nitrogen and oxygen atoms in total. The fourth-order valence-corrected chi connectivity index (χ4v) is 1.91. The minimum absolute atomic E-state index is 0.117. The first kappa shape index (κ1) is 16.6. The average molecular weight is 330 g/mol. The van der Waals surface area contributed by atoms with Crippen molar-refractivity contribution in [3.63, 3.8) is 0 Å². The molecule has 0 heterocycles. The molecule has 2 rings (SSSR count). The number of aromatic carboxylic acids is 2. The maximum Gasteiger partial charge on any atom is 0.335 e. The zero-order valence-electron chi connectivity index (χ0n) is 11.9. The van der Waals surface area contributed by atoms with Crippen molar-refractivity contribution in [1.29, 1.82) is 0 Å². The molecular formula is C15H10N2O7. The summed E-state index contributed by atoms with van der Waals surface area (Å²) in [5.74, 6) is -3.56. The number of non-ortho nitro benzene ring substituents is 1. The lowest BCUT2D eigenvalue weighted by Gasteiger charge is -2.07. The number of carboxylic acid groups (broad SMARTS) is 2. The van der Waals surface area contributed by atoms with Crippen LogP contribution < -0.4 is 5.32 Å². The number of benzene rings is 2. The van der Waals surface area contributed by atoms with Crippen molar-refractivity contribution in [2.75, 3.05) is 5.32 Å². The highest BCUT2D eigenvalue weighted by atomic mass is 16.6. The smallest absolute Gasteiger partial charge is 0.335 e. The van der Waals surface area contributed by atoms with E-state index in [0.29, 0.717) is 0 Å². The molecule has 0 bridgehead atoms. The third kappa shape index (κ3) is 3.71. The number of carboxylic acids is 2. The maximum absolute atomic E-state index is 12.2. The van der Waals surface area contributed by atoms with Crippen LogP contribution in [0.1, 0.15) is 31.1 Å². The molecule has 0 aliphatic rings. The van der Waals surface area contributed by atoms with E-state index in [-0.39, 0.29) is 28.1 Å². The van der Waals surface area contributed by atoms with Crippen LogP contribution in [0.3, 0.4) is 0 Å². The van der Waals surface area contributed by atoms with Gasteiger partial charge in [0.15, 0.2) is 0 Å². The number of hydrogen-bond donors (Lipinski definition) is 3. The predicted molar refractivity (Wildman–Crippen MR) is 81.4 cm³/mol. The van der Waals surface area contributed by atoms with Crippen molar-refractivity contribution >= 4 is 29.2 Å². The lowest BCUT2D eigenvalue weighted by molar-refractivity contribution is -0.384. The highest BCUT2D eigenvalue weighted by Gasteiger charge is 2.16. The zero-order valence-corrected chi connectivity index (χ0v) is 11.9. The second kappa shape index (κ2) is 6.57. The Morgan fingerprint density at radius 1 is 0.917 bits per heavy atom. The summed E-state index contributed by atoms with van der Waals surface area (Å²) in [4.78, 5) is 44.3. The third-order valence-corrected chi connectivity index (χ3v) is 3.00. The number of nitro benzene ring substituents is 1. The van der Waals surface area contributed by atoms with Gasteiger partial charge < -0.3 is 15.5 Å². The summed E-state index contributed by atoms with van der Waals surface area (Å²) in [7, 11) is 0. The summed E-state index contributed by atoms with van der Waals surface area (Å²) in [5.41, 5.74) is -1.04. The van der Waals surface area contributed by atoms with Crippen molar-refractivity contribution in [1.82, 2.24) is 0 Å². The van der Waals surface area contributed by atoms with Gasteiger partial charge in [-0.25, -0.2) is 9.59 Å². The molecule has 0 aromatic heterocycles. The van der Waals surface area contributed by atoms with Gasteiger partial charge >= 0.3 is 11.9 Å². The topological polar surface area (TPSA) is 147 Å². The van der Waals surface area contributed by atoms with E-state index in [1.807, 2.05) is 0 Å². The van der Waals surface area contributed by atoms with Gasteiger partial charge in [0.2, 0.25) is 0 Å². The summed E-state index contributed by atoms with van der Waals surface area (Å²) >= 11 is 0. The number of amides is 1. The van der Waals surface area contributed by atoms with E-state index in [1.165, 1.54) is 18.2 Å². The molecule has 0 fully saturated rings. The van der Waals surface area contributed by atoms with Gasteiger partial charge in [-0.2, -0.15) is 0 Å². The van der Waals surface area contributed by atoms with Gasteiger partial charge in [0, 0.05) is 23.4 Å². The van der Waals surface area contributed by atoms with E-state index in [4.69, 9.17) is 10.2 Å². The Morgan fingerprint density at radius 2 is 1.46 bits per heavy atom. The van der Waals surface area contributed by atoms with Crippen LogP contribution >= 0.6 is 0 Å². The molecule has 0 unspecified atom stereocenters. The molecule has 2 aromatic carbocycles. The number of nitrogens with zero attached hydrogens (tertiary/aromatic N) is 1. The van der Waals surface area contributed by atoms with E-state index < -0.39 is 22.8 Å². The van der Waals surface area contributed by atoms with E-state index in [2.05, 4.69) is 5.32 Å². The lowest BCUT2D eigenvalue weighted by atomic mass is 10.0. The highest BCUT2D eigenvalue weighted by Crippen LogP contribution is 2.19. The second-order valence-corrected chi connectivity index (χ2v) is 4.67. The Balaban J connectivity index is 2.35. The highest BCUT2D eigenvalue weighted by molar-refractivity contribution is 6.07. The quantitative estimate of drug-likeness (QED) is 0.562. The molecule has 122 valence electrons.